The van der Waals surface area contributed by atoms with Crippen LogP contribution >= 0.6 is 11.3 Å². The average molecular weight is 128 g/mol. The third-order valence-electron chi connectivity index (χ3n) is 1.02. The molecule has 2 N–H and O–H groups in total. The Morgan fingerprint density at radius 2 is 2.62 bits per heavy atom. The van der Waals surface area contributed by atoms with Crippen molar-refractivity contribution in [2.24, 2.45) is 0 Å². The molecule has 0 amide bonds. The minimum atomic E-state index is 1.11. The van der Waals surface area contributed by atoms with Gasteiger partial charge in [0.05, 0.1) is 7.05 Å². The van der Waals surface area contributed by atoms with Gasteiger partial charge in [-0.05, 0) is 16.8 Å². The molecule has 0 spiro atoms. The van der Waals surface area contributed by atoms with Gasteiger partial charge in [-0.15, -0.1) is 0 Å². The highest BCUT2D eigenvalue weighted by Gasteiger charge is 1.88. The molecule has 8 heavy (non-hydrogen) atoms. The van der Waals surface area contributed by atoms with Crippen molar-refractivity contribution in [3.63, 3.8) is 0 Å². The smallest absolute Gasteiger partial charge is 0.102 e. The number of thiophene rings is 1. The molecule has 2 heteroatoms. The normalized spacial score (nSPS) is 9.62. The van der Waals surface area contributed by atoms with E-state index in [-0.39, 0.29) is 0 Å². The summed E-state index contributed by atoms with van der Waals surface area (Å²) in [4.78, 5) is 0. The molecule has 0 aliphatic rings. The van der Waals surface area contributed by atoms with E-state index < -0.39 is 0 Å². The lowest BCUT2D eigenvalue weighted by molar-refractivity contribution is -0.643. The van der Waals surface area contributed by atoms with E-state index >= 15 is 0 Å². The Morgan fingerprint density at radius 3 is 3.12 bits per heavy atom. The van der Waals surface area contributed by atoms with Crippen LogP contribution in [0.3, 0.4) is 0 Å². The van der Waals surface area contributed by atoms with E-state index in [1.54, 1.807) is 11.3 Å². The molecule has 1 aromatic heterocycles. The van der Waals surface area contributed by atoms with E-state index in [1.165, 1.54) is 5.56 Å². The minimum Gasteiger partial charge on any atom is -0.345 e. The van der Waals surface area contributed by atoms with Crippen molar-refractivity contribution in [2.75, 3.05) is 7.05 Å². The maximum Gasteiger partial charge on any atom is 0.102 e. The van der Waals surface area contributed by atoms with Crippen molar-refractivity contribution in [2.45, 2.75) is 6.54 Å². The first-order valence-electron chi connectivity index (χ1n) is 2.72. The summed E-state index contributed by atoms with van der Waals surface area (Å²) in [5.41, 5.74) is 1.43. The molecule has 1 nitrogen and oxygen atoms in total. The SMILES string of the molecule is C[NH2+]Cc1ccsc1. The fraction of sp³-hybridized carbons (Fsp3) is 0.333. The summed E-state index contributed by atoms with van der Waals surface area (Å²) in [5.74, 6) is 0. The van der Waals surface area contributed by atoms with Crippen LogP contribution in [0.5, 0.6) is 0 Å². The van der Waals surface area contributed by atoms with Gasteiger partial charge in [-0.25, -0.2) is 0 Å². The highest BCUT2D eigenvalue weighted by Crippen LogP contribution is 2.02. The summed E-state index contributed by atoms with van der Waals surface area (Å²) in [7, 11) is 2.08. The van der Waals surface area contributed by atoms with Crippen molar-refractivity contribution in [3.05, 3.63) is 22.4 Å². The van der Waals surface area contributed by atoms with Gasteiger partial charge >= 0.3 is 0 Å². The Morgan fingerprint density at radius 1 is 1.75 bits per heavy atom. The summed E-state index contributed by atoms with van der Waals surface area (Å²) in [6, 6.07) is 2.16. The largest absolute Gasteiger partial charge is 0.345 e. The Hall–Kier alpha value is -0.340. The molecule has 0 unspecified atom stereocenters. The lowest BCUT2D eigenvalue weighted by atomic mass is 10.3. The average Bonchev–Trinajstić information content (AvgIpc) is 2.19. The summed E-state index contributed by atoms with van der Waals surface area (Å²) in [6.45, 7) is 1.11. The zero-order chi connectivity index (χ0) is 5.82. The number of hydrogen-bond donors (Lipinski definition) is 1. The number of rotatable bonds is 2. The molecule has 0 aliphatic heterocycles. The maximum atomic E-state index is 2.18. The second-order valence-electron chi connectivity index (χ2n) is 1.74. The first-order valence-corrected chi connectivity index (χ1v) is 3.66. The molecular weight excluding hydrogens is 118 g/mol. The molecule has 1 rings (SSSR count). The first-order chi connectivity index (χ1) is 3.93. The molecular formula is C6H10NS+. The lowest BCUT2D eigenvalue weighted by Gasteiger charge is -1.86. The standard InChI is InChI=1S/C6H9NS/c1-7-4-6-2-3-8-5-6/h2-3,5,7H,4H2,1H3/p+1. The van der Waals surface area contributed by atoms with E-state index in [9.17, 15) is 0 Å². The lowest BCUT2D eigenvalue weighted by Crippen LogP contribution is -2.77. The predicted octanol–water partition coefficient (Wildman–Crippen LogP) is 0.441. The Kier molecular flexibility index (Phi) is 2.06. The Balaban J connectivity index is 2.50. The van der Waals surface area contributed by atoms with Gasteiger partial charge in [-0.2, -0.15) is 11.3 Å². The molecule has 0 saturated heterocycles. The Labute approximate surface area is 53.4 Å². The second kappa shape index (κ2) is 2.84. The van der Waals surface area contributed by atoms with Crippen LogP contribution in [0.2, 0.25) is 0 Å². The molecule has 0 fully saturated rings. The highest BCUT2D eigenvalue weighted by atomic mass is 32.1. The monoisotopic (exact) mass is 128 g/mol. The third-order valence-corrected chi connectivity index (χ3v) is 1.75. The third kappa shape index (κ3) is 1.32. The fourth-order valence-electron chi connectivity index (χ4n) is 0.644. The predicted molar refractivity (Wildman–Crippen MR) is 35.9 cm³/mol. The van der Waals surface area contributed by atoms with E-state index in [0.29, 0.717) is 0 Å². The number of nitrogens with two attached hydrogens (primary N) is 1. The fourth-order valence-corrected chi connectivity index (χ4v) is 1.33. The van der Waals surface area contributed by atoms with Crippen molar-refractivity contribution in [1.82, 2.24) is 0 Å². The molecule has 1 aromatic rings. The van der Waals surface area contributed by atoms with Crippen molar-refractivity contribution >= 4 is 11.3 Å². The van der Waals surface area contributed by atoms with Gasteiger partial charge in [0.2, 0.25) is 0 Å². The zero-order valence-corrected chi connectivity index (χ0v) is 5.74. The van der Waals surface area contributed by atoms with Crippen LogP contribution in [-0.2, 0) is 6.54 Å². The van der Waals surface area contributed by atoms with Crippen molar-refractivity contribution < 1.29 is 5.32 Å². The van der Waals surface area contributed by atoms with Crippen LogP contribution in [-0.4, -0.2) is 7.05 Å². The van der Waals surface area contributed by atoms with Gasteiger partial charge in [-0.3, -0.25) is 0 Å². The Bertz CT molecular complexity index is 134. The molecule has 1 heterocycles. The van der Waals surface area contributed by atoms with Crippen molar-refractivity contribution in [1.29, 1.82) is 0 Å². The quantitative estimate of drug-likeness (QED) is 0.595. The molecule has 0 atom stereocenters. The van der Waals surface area contributed by atoms with Crippen LogP contribution in [0.1, 0.15) is 5.56 Å². The van der Waals surface area contributed by atoms with Crippen LogP contribution < -0.4 is 5.32 Å². The molecule has 0 saturated carbocycles. The molecule has 0 aliphatic carbocycles. The highest BCUT2D eigenvalue weighted by molar-refractivity contribution is 7.07. The van der Waals surface area contributed by atoms with Gasteiger partial charge in [0.15, 0.2) is 0 Å². The van der Waals surface area contributed by atoms with Gasteiger partial charge < -0.3 is 5.32 Å². The van der Waals surface area contributed by atoms with E-state index in [2.05, 4.69) is 29.2 Å². The summed E-state index contributed by atoms with van der Waals surface area (Å²) in [6.07, 6.45) is 0. The van der Waals surface area contributed by atoms with Crippen LogP contribution in [0.4, 0.5) is 0 Å². The van der Waals surface area contributed by atoms with Gasteiger partial charge in [0.25, 0.3) is 0 Å². The number of hydrogen-bond acceptors (Lipinski definition) is 1. The number of quaternary nitrogens is 1. The van der Waals surface area contributed by atoms with E-state index in [1.807, 2.05) is 0 Å². The summed E-state index contributed by atoms with van der Waals surface area (Å²) < 4.78 is 0. The van der Waals surface area contributed by atoms with Gasteiger partial charge in [0, 0.05) is 5.56 Å². The van der Waals surface area contributed by atoms with Crippen LogP contribution in [0, 0.1) is 0 Å². The van der Waals surface area contributed by atoms with Crippen LogP contribution in [0.25, 0.3) is 0 Å². The summed E-state index contributed by atoms with van der Waals surface area (Å²) >= 11 is 1.76. The molecule has 0 aromatic carbocycles. The molecule has 0 bridgehead atoms. The topological polar surface area (TPSA) is 16.6 Å². The van der Waals surface area contributed by atoms with E-state index in [4.69, 9.17) is 0 Å². The van der Waals surface area contributed by atoms with E-state index in [0.717, 1.165) is 6.54 Å². The minimum absolute atomic E-state index is 1.11. The zero-order valence-electron chi connectivity index (χ0n) is 4.92. The van der Waals surface area contributed by atoms with Crippen molar-refractivity contribution in [3.8, 4) is 0 Å². The molecule has 0 radical (unpaired) electrons. The first kappa shape index (κ1) is 5.79. The van der Waals surface area contributed by atoms with Gasteiger partial charge in [-0.1, -0.05) is 0 Å². The molecule has 44 valence electrons. The summed E-state index contributed by atoms with van der Waals surface area (Å²) in [5, 5.41) is 6.46. The van der Waals surface area contributed by atoms with Gasteiger partial charge in [0.1, 0.15) is 6.54 Å². The second-order valence-corrected chi connectivity index (χ2v) is 2.52. The maximum absolute atomic E-state index is 2.18. The van der Waals surface area contributed by atoms with Crippen LogP contribution in [0.15, 0.2) is 16.8 Å².